The SMILES string of the molecule is COc1ccccc1NC(=S)Nc1cccc(SCC(=O)Nc2scc(-c3ccccc3)c2C#N)c1. The van der Waals surface area contributed by atoms with Crippen LogP contribution >= 0.6 is 35.3 Å². The highest BCUT2D eigenvalue weighted by molar-refractivity contribution is 8.00. The van der Waals surface area contributed by atoms with Crippen molar-refractivity contribution in [1.29, 1.82) is 5.26 Å². The van der Waals surface area contributed by atoms with Gasteiger partial charge in [-0.05, 0) is 48.1 Å². The minimum atomic E-state index is -0.176. The normalized spacial score (nSPS) is 10.2. The highest BCUT2D eigenvalue weighted by Crippen LogP contribution is 2.35. The third-order valence-electron chi connectivity index (χ3n) is 5.06. The quantitative estimate of drug-likeness (QED) is 0.170. The molecule has 1 amide bonds. The molecular formula is C27H22N4O2S3. The number of anilines is 3. The van der Waals surface area contributed by atoms with Gasteiger partial charge in [0.25, 0.3) is 0 Å². The summed E-state index contributed by atoms with van der Waals surface area (Å²) in [5.41, 5.74) is 3.81. The number of thiophene rings is 1. The molecule has 3 aromatic carbocycles. The first kappa shape index (κ1) is 25.3. The monoisotopic (exact) mass is 530 g/mol. The summed E-state index contributed by atoms with van der Waals surface area (Å²) in [6.45, 7) is 0. The van der Waals surface area contributed by atoms with Crippen molar-refractivity contribution in [3.05, 3.63) is 89.8 Å². The van der Waals surface area contributed by atoms with E-state index in [4.69, 9.17) is 17.0 Å². The van der Waals surface area contributed by atoms with Crippen molar-refractivity contribution >= 4 is 62.7 Å². The minimum absolute atomic E-state index is 0.176. The first-order valence-electron chi connectivity index (χ1n) is 10.9. The molecule has 0 atom stereocenters. The van der Waals surface area contributed by atoms with Crippen LogP contribution in [0.5, 0.6) is 5.75 Å². The second-order valence-electron chi connectivity index (χ2n) is 7.48. The third kappa shape index (κ3) is 6.43. The molecule has 1 aromatic heterocycles. The molecule has 6 nitrogen and oxygen atoms in total. The molecule has 0 spiro atoms. The summed E-state index contributed by atoms with van der Waals surface area (Å²) in [7, 11) is 1.61. The standard InChI is InChI=1S/C27H22N4O2S3/c1-33-24-13-6-5-12-23(24)30-27(34)29-19-10-7-11-20(14-19)35-17-25(32)31-26-21(15-28)22(16-36-26)18-8-3-2-4-9-18/h2-14,16H,17H2,1H3,(H,31,32)(H2,29,30,34). The van der Waals surface area contributed by atoms with Crippen LogP contribution < -0.4 is 20.7 Å². The van der Waals surface area contributed by atoms with Gasteiger partial charge in [0.2, 0.25) is 5.91 Å². The van der Waals surface area contributed by atoms with Crippen molar-refractivity contribution in [2.45, 2.75) is 4.90 Å². The molecule has 0 fully saturated rings. The fourth-order valence-corrected chi connectivity index (χ4v) is 5.32. The van der Waals surface area contributed by atoms with Gasteiger partial charge in [0.15, 0.2) is 5.11 Å². The largest absolute Gasteiger partial charge is 0.495 e. The molecular weight excluding hydrogens is 509 g/mol. The molecule has 0 bridgehead atoms. The zero-order valence-corrected chi connectivity index (χ0v) is 21.7. The zero-order chi connectivity index (χ0) is 25.3. The van der Waals surface area contributed by atoms with Gasteiger partial charge < -0.3 is 20.7 Å². The summed E-state index contributed by atoms with van der Waals surface area (Å²) in [4.78, 5) is 13.5. The fraction of sp³-hybridized carbons (Fsp3) is 0.0741. The van der Waals surface area contributed by atoms with E-state index in [9.17, 15) is 10.1 Å². The van der Waals surface area contributed by atoms with Crippen LogP contribution in [0.4, 0.5) is 16.4 Å². The van der Waals surface area contributed by atoms with Gasteiger partial charge in [-0.25, -0.2) is 0 Å². The Labute approximate surface area is 223 Å². The van der Waals surface area contributed by atoms with E-state index in [0.717, 1.165) is 27.4 Å². The van der Waals surface area contributed by atoms with Crippen LogP contribution in [0.25, 0.3) is 11.1 Å². The van der Waals surface area contributed by atoms with Gasteiger partial charge in [0, 0.05) is 21.5 Å². The van der Waals surface area contributed by atoms with Crippen molar-refractivity contribution in [3.8, 4) is 22.9 Å². The number of carbonyl (C=O) groups excluding carboxylic acids is 1. The molecule has 1 heterocycles. The summed E-state index contributed by atoms with van der Waals surface area (Å²) < 4.78 is 5.34. The second kappa shape index (κ2) is 12.2. The highest BCUT2D eigenvalue weighted by Gasteiger charge is 2.15. The first-order chi connectivity index (χ1) is 17.6. The number of benzene rings is 3. The number of rotatable bonds is 8. The summed E-state index contributed by atoms with van der Waals surface area (Å²) in [5, 5.41) is 21.7. The van der Waals surface area contributed by atoms with Crippen molar-refractivity contribution in [3.63, 3.8) is 0 Å². The molecule has 0 aliphatic carbocycles. The number of hydrogen-bond acceptors (Lipinski definition) is 6. The highest BCUT2D eigenvalue weighted by atomic mass is 32.2. The van der Waals surface area contributed by atoms with Gasteiger partial charge in [0.05, 0.1) is 24.1 Å². The van der Waals surface area contributed by atoms with Crippen LogP contribution in [0.3, 0.4) is 0 Å². The van der Waals surface area contributed by atoms with E-state index >= 15 is 0 Å². The maximum atomic E-state index is 12.6. The number of thiocarbonyl (C=S) groups is 1. The Kier molecular flexibility index (Phi) is 8.57. The van der Waals surface area contributed by atoms with E-state index in [0.29, 0.717) is 21.4 Å². The van der Waals surface area contributed by atoms with E-state index in [1.807, 2.05) is 84.2 Å². The Bertz CT molecular complexity index is 1410. The Morgan fingerprint density at radius 3 is 2.58 bits per heavy atom. The molecule has 4 aromatic rings. The molecule has 9 heteroatoms. The van der Waals surface area contributed by atoms with Crippen LogP contribution in [-0.4, -0.2) is 23.9 Å². The topological polar surface area (TPSA) is 86.2 Å². The minimum Gasteiger partial charge on any atom is -0.495 e. The Hall–Kier alpha value is -3.84. The Morgan fingerprint density at radius 1 is 1.03 bits per heavy atom. The number of para-hydroxylation sites is 2. The summed E-state index contributed by atoms with van der Waals surface area (Å²) in [6, 6.07) is 27.1. The van der Waals surface area contributed by atoms with Crippen molar-refractivity contribution < 1.29 is 9.53 Å². The van der Waals surface area contributed by atoms with Crippen LogP contribution in [0.2, 0.25) is 0 Å². The first-order valence-corrected chi connectivity index (χ1v) is 13.2. The number of nitrogens with one attached hydrogen (secondary N) is 3. The molecule has 0 aliphatic rings. The van der Waals surface area contributed by atoms with Gasteiger partial charge in [-0.1, -0.05) is 48.5 Å². The van der Waals surface area contributed by atoms with Gasteiger partial charge in [-0.3, -0.25) is 4.79 Å². The summed E-state index contributed by atoms with van der Waals surface area (Å²) in [6.07, 6.45) is 0. The van der Waals surface area contributed by atoms with E-state index in [1.54, 1.807) is 7.11 Å². The van der Waals surface area contributed by atoms with E-state index < -0.39 is 0 Å². The molecule has 180 valence electrons. The maximum Gasteiger partial charge on any atom is 0.235 e. The molecule has 0 unspecified atom stereocenters. The van der Waals surface area contributed by atoms with E-state index in [2.05, 4.69) is 22.0 Å². The van der Waals surface area contributed by atoms with E-state index in [1.165, 1.54) is 23.1 Å². The Balaban J connectivity index is 1.34. The van der Waals surface area contributed by atoms with Gasteiger partial charge in [0.1, 0.15) is 16.8 Å². The van der Waals surface area contributed by atoms with Crippen LogP contribution in [0, 0.1) is 11.3 Å². The van der Waals surface area contributed by atoms with E-state index in [-0.39, 0.29) is 11.7 Å². The number of nitriles is 1. The zero-order valence-electron chi connectivity index (χ0n) is 19.3. The number of carbonyl (C=O) groups is 1. The number of thioether (sulfide) groups is 1. The van der Waals surface area contributed by atoms with Crippen LogP contribution in [0.15, 0.2) is 89.1 Å². The Morgan fingerprint density at radius 2 is 1.81 bits per heavy atom. The molecule has 0 aliphatic heterocycles. The molecule has 4 rings (SSSR count). The average Bonchev–Trinajstić information content (AvgIpc) is 3.30. The molecule has 0 saturated carbocycles. The fourth-order valence-electron chi connectivity index (χ4n) is 3.40. The molecule has 0 saturated heterocycles. The lowest BCUT2D eigenvalue weighted by atomic mass is 10.1. The number of hydrogen-bond donors (Lipinski definition) is 3. The molecule has 36 heavy (non-hydrogen) atoms. The smallest absolute Gasteiger partial charge is 0.235 e. The predicted molar refractivity (Wildman–Crippen MR) is 153 cm³/mol. The average molecular weight is 531 g/mol. The molecule has 3 N–H and O–H groups in total. The second-order valence-corrected chi connectivity index (χ2v) is 9.81. The van der Waals surface area contributed by atoms with Gasteiger partial charge in [-0.15, -0.1) is 23.1 Å². The van der Waals surface area contributed by atoms with Gasteiger partial charge >= 0.3 is 0 Å². The number of amides is 1. The lowest BCUT2D eigenvalue weighted by Crippen LogP contribution is -2.19. The number of methoxy groups -OCH3 is 1. The summed E-state index contributed by atoms with van der Waals surface area (Å²) >= 11 is 8.19. The van der Waals surface area contributed by atoms with Gasteiger partial charge in [-0.2, -0.15) is 5.26 Å². The lowest BCUT2D eigenvalue weighted by Gasteiger charge is -2.13. The molecule has 0 radical (unpaired) electrons. The third-order valence-corrected chi connectivity index (χ3v) is 7.15. The van der Waals surface area contributed by atoms with Crippen LogP contribution in [-0.2, 0) is 4.79 Å². The van der Waals surface area contributed by atoms with Crippen molar-refractivity contribution in [2.75, 3.05) is 28.8 Å². The maximum absolute atomic E-state index is 12.6. The van der Waals surface area contributed by atoms with Crippen molar-refractivity contribution in [2.24, 2.45) is 0 Å². The predicted octanol–water partition coefficient (Wildman–Crippen LogP) is 6.84. The number of nitrogens with zero attached hydrogens (tertiary/aromatic N) is 1. The van der Waals surface area contributed by atoms with Crippen LogP contribution in [0.1, 0.15) is 5.56 Å². The summed E-state index contributed by atoms with van der Waals surface area (Å²) in [5.74, 6) is 0.722. The number of ether oxygens (including phenoxy) is 1. The van der Waals surface area contributed by atoms with Crippen molar-refractivity contribution in [1.82, 2.24) is 0 Å². The lowest BCUT2D eigenvalue weighted by molar-refractivity contribution is -0.113.